The van der Waals surface area contributed by atoms with E-state index in [4.69, 9.17) is 6.42 Å². The minimum Gasteiger partial charge on any atom is -0.355 e. The quantitative estimate of drug-likeness (QED) is 0.563. The van der Waals surface area contributed by atoms with Crippen LogP contribution < -0.4 is 5.32 Å². The van der Waals surface area contributed by atoms with Crippen LogP contribution in [0.1, 0.15) is 64.4 Å². The van der Waals surface area contributed by atoms with Gasteiger partial charge in [0.05, 0.1) is 0 Å². The molecule has 1 saturated carbocycles. The number of nitrogens with zero attached hydrogens (tertiary/aromatic N) is 1. The van der Waals surface area contributed by atoms with E-state index in [0.717, 1.165) is 45.2 Å². The molecule has 156 valence electrons. The second-order valence-corrected chi connectivity index (χ2v) is 9.58. The molecule has 0 aromatic heterocycles. The molecule has 0 atom stereocenters. The van der Waals surface area contributed by atoms with Crippen LogP contribution >= 0.6 is 0 Å². The van der Waals surface area contributed by atoms with Gasteiger partial charge in [-0.2, -0.15) is 0 Å². The van der Waals surface area contributed by atoms with Crippen LogP contribution in [0.25, 0.3) is 0 Å². The van der Waals surface area contributed by atoms with Gasteiger partial charge in [-0.1, -0.05) is 44.2 Å². The molecule has 1 heterocycles. The number of rotatable bonds is 7. The summed E-state index contributed by atoms with van der Waals surface area (Å²) in [5.74, 6) is 3.17. The summed E-state index contributed by atoms with van der Waals surface area (Å²) in [6.45, 7) is 6.61. The molecule has 1 aliphatic heterocycles. The molecule has 4 nitrogen and oxygen atoms in total. The summed E-state index contributed by atoms with van der Waals surface area (Å²) in [4.78, 5) is 27.2. The van der Waals surface area contributed by atoms with E-state index < -0.39 is 0 Å². The second kappa shape index (κ2) is 9.03. The second-order valence-electron chi connectivity index (χ2n) is 9.58. The number of piperidine rings is 1. The zero-order chi connectivity index (χ0) is 20.9. The Morgan fingerprint density at radius 2 is 1.83 bits per heavy atom. The third-order valence-corrected chi connectivity index (χ3v) is 6.71. The van der Waals surface area contributed by atoms with Crippen molar-refractivity contribution in [2.24, 2.45) is 11.3 Å². The van der Waals surface area contributed by atoms with Crippen molar-refractivity contribution in [1.82, 2.24) is 10.2 Å². The average molecular weight is 395 g/mol. The van der Waals surface area contributed by atoms with Gasteiger partial charge >= 0.3 is 0 Å². The van der Waals surface area contributed by atoms with Gasteiger partial charge in [-0.15, -0.1) is 12.3 Å². The van der Waals surface area contributed by atoms with Crippen molar-refractivity contribution in [3.05, 3.63) is 35.9 Å². The third-order valence-electron chi connectivity index (χ3n) is 6.71. The van der Waals surface area contributed by atoms with Crippen LogP contribution in [0.4, 0.5) is 0 Å². The lowest BCUT2D eigenvalue weighted by atomic mass is 9.64. The zero-order valence-corrected chi connectivity index (χ0v) is 17.9. The van der Waals surface area contributed by atoms with Crippen molar-refractivity contribution in [1.29, 1.82) is 0 Å². The number of terminal acetylenes is 1. The molecule has 1 aromatic rings. The smallest absolute Gasteiger partial charge is 0.225 e. The SMILES string of the molecule is C#CCCCC(=O)NCC1(c2ccccc2)CCN(C(=O)C2CC(C)(C)C2)CC1. The summed E-state index contributed by atoms with van der Waals surface area (Å²) >= 11 is 0. The Balaban J connectivity index is 1.62. The molecule has 0 bridgehead atoms. The van der Waals surface area contributed by atoms with Gasteiger partial charge in [0.2, 0.25) is 11.8 Å². The lowest BCUT2D eigenvalue weighted by Crippen LogP contribution is -2.53. The monoisotopic (exact) mass is 394 g/mol. The molecule has 1 aliphatic carbocycles. The number of carbonyl (C=O) groups is 2. The lowest BCUT2D eigenvalue weighted by molar-refractivity contribution is -0.144. The summed E-state index contributed by atoms with van der Waals surface area (Å²) in [6.07, 6.45) is 10.9. The number of hydrogen-bond acceptors (Lipinski definition) is 2. The summed E-state index contributed by atoms with van der Waals surface area (Å²) in [6, 6.07) is 10.4. The van der Waals surface area contributed by atoms with Crippen LogP contribution in [0.5, 0.6) is 0 Å². The van der Waals surface area contributed by atoms with E-state index in [1.807, 2.05) is 6.07 Å². The van der Waals surface area contributed by atoms with Crippen LogP contribution in [-0.2, 0) is 15.0 Å². The van der Waals surface area contributed by atoms with Gasteiger partial charge in [0.15, 0.2) is 0 Å². The first-order chi connectivity index (χ1) is 13.9. The van der Waals surface area contributed by atoms with Gasteiger partial charge in [0.1, 0.15) is 0 Å². The molecule has 4 heteroatoms. The summed E-state index contributed by atoms with van der Waals surface area (Å²) in [5, 5.41) is 3.14. The van der Waals surface area contributed by atoms with Gasteiger partial charge in [-0.05, 0) is 43.1 Å². The fourth-order valence-corrected chi connectivity index (χ4v) is 4.93. The number of hydrogen-bond donors (Lipinski definition) is 1. The van der Waals surface area contributed by atoms with Gasteiger partial charge in [0.25, 0.3) is 0 Å². The van der Waals surface area contributed by atoms with Crippen molar-refractivity contribution in [3.63, 3.8) is 0 Å². The number of benzene rings is 1. The molecule has 2 fully saturated rings. The topological polar surface area (TPSA) is 49.4 Å². The Morgan fingerprint density at radius 3 is 2.41 bits per heavy atom. The molecule has 3 rings (SSSR count). The highest BCUT2D eigenvalue weighted by atomic mass is 16.2. The first-order valence-corrected chi connectivity index (χ1v) is 10.9. The van der Waals surface area contributed by atoms with E-state index in [1.54, 1.807) is 0 Å². The van der Waals surface area contributed by atoms with Crippen LogP contribution in [0, 0.1) is 23.7 Å². The van der Waals surface area contributed by atoms with Gasteiger partial charge in [-0.3, -0.25) is 9.59 Å². The first-order valence-electron chi connectivity index (χ1n) is 10.9. The molecule has 29 heavy (non-hydrogen) atoms. The average Bonchev–Trinajstić information content (AvgIpc) is 2.71. The largest absolute Gasteiger partial charge is 0.355 e. The van der Waals surface area contributed by atoms with Crippen molar-refractivity contribution >= 4 is 11.8 Å². The molecule has 1 saturated heterocycles. The highest BCUT2D eigenvalue weighted by Gasteiger charge is 2.44. The highest BCUT2D eigenvalue weighted by Crippen LogP contribution is 2.46. The van der Waals surface area contributed by atoms with E-state index in [9.17, 15) is 9.59 Å². The van der Waals surface area contributed by atoms with E-state index >= 15 is 0 Å². The fourth-order valence-electron chi connectivity index (χ4n) is 4.93. The molecular weight excluding hydrogens is 360 g/mol. The van der Waals surface area contributed by atoms with E-state index in [1.165, 1.54) is 5.56 Å². The van der Waals surface area contributed by atoms with E-state index in [-0.39, 0.29) is 17.2 Å². The molecule has 1 N–H and O–H groups in total. The predicted octanol–water partition coefficient (Wildman–Crippen LogP) is 3.90. The zero-order valence-electron chi connectivity index (χ0n) is 17.9. The molecule has 0 radical (unpaired) electrons. The fraction of sp³-hybridized carbons (Fsp3) is 0.600. The maximum atomic E-state index is 12.9. The van der Waals surface area contributed by atoms with E-state index in [0.29, 0.717) is 30.7 Å². The van der Waals surface area contributed by atoms with E-state index in [2.05, 4.69) is 54.3 Å². The summed E-state index contributed by atoms with van der Waals surface area (Å²) in [7, 11) is 0. The summed E-state index contributed by atoms with van der Waals surface area (Å²) in [5.41, 5.74) is 1.45. The molecule has 2 amide bonds. The molecule has 2 aliphatic rings. The van der Waals surface area contributed by atoms with Crippen molar-refractivity contribution in [2.75, 3.05) is 19.6 Å². The highest BCUT2D eigenvalue weighted by molar-refractivity contribution is 5.80. The molecular formula is C25H34N2O2. The van der Waals surface area contributed by atoms with Crippen LogP contribution in [0.2, 0.25) is 0 Å². The van der Waals surface area contributed by atoms with Crippen molar-refractivity contribution in [3.8, 4) is 12.3 Å². The first kappa shape index (κ1) is 21.4. The van der Waals surface area contributed by atoms with Crippen molar-refractivity contribution < 1.29 is 9.59 Å². The molecule has 0 unspecified atom stereocenters. The Morgan fingerprint density at radius 1 is 1.17 bits per heavy atom. The number of carbonyl (C=O) groups excluding carboxylic acids is 2. The number of nitrogens with one attached hydrogen (secondary N) is 1. The van der Waals surface area contributed by atoms with Gasteiger partial charge < -0.3 is 10.2 Å². The molecule has 1 aromatic carbocycles. The summed E-state index contributed by atoms with van der Waals surface area (Å²) < 4.78 is 0. The minimum absolute atomic E-state index is 0.0609. The lowest BCUT2D eigenvalue weighted by Gasteiger charge is -2.47. The number of amides is 2. The van der Waals surface area contributed by atoms with Crippen molar-refractivity contribution in [2.45, 2.75) is 64.2 Å². The standard InChI is InChI=1S/C25H34N2O2/c1-4-5-7-12-22(28)26-19-25(21-10-8-6-9-11-21)13-15-27(16-14-25)23(29)20-17-24(2,3)18-20/h1,6,8-11,20H,5,7,12-19H2,2-3H3,(H,26,28). The third kappa shape index (κ3) is 5.21. The van der Waals surface area contributed by atoms with Gasteiger partial charge in [-0.25, -0.2) is 0 Å². The maximum Gasteiger partial charge on any atom is 0.225 e. The van der Waals surface area contributed by atoms with Crippen LogP contribution in [0.3, 0.4) is 0 Å². The van der Waals surface area contributed by atoms with Crippen LogP contribution in [-0.4, -0.2) is 36.3 Å². The van der Waals surface area contributed by atoms with Gasteiger partial charge in [0, 0.05) is 43.8 Å². The number of unbranched alkanes of at least 4 members (excludes halogenated alkanes) is 1. The van der Waals surface area contributed by atoms with Crippen LogP contribution in [0.15, 0.2) is 30.3 Å². The Hall–Kier alpha value is -2.28. The number of likely N-dealkylation sites (tertiary alicyclic amines) is 1. The minimum atomic E-state index is -0.112. The Bertz CT molecular complexity index is 747. The predicted molar refractivity (Wildman–Crippen MR) is 116 cm³/mol. The Kier molecular flexibility index (Phi) is 6.67. The normalized spacial score (nSPS) is 20.4. The maximum absolute atomic E-state index is 12.9. The Labute approximate surface area is 175 Å². The molecule has 0 spiro atoms.